The van der Waals surface area contributed by atoms with Gasteiger partial charge in [0.1, 0.15) is 5.75 Å². The maximum atomic E-state index is 5.99. The highest BCUT2D eigenvalue weighted by molar-refractivity contribution is 7.99. The van der Waals surface area contributed by atoms with Crippen LogP contribution < -0.4 is 15.4 Å². The number of hydrogen-bond acceptors (Lipinski definition) is 3. The molecule has 0 radical (unpaired) electrons. The minimum atomic E-state index is 0.391. The highest BCUT2D eigenvalue weighted by Crippen LogP contribution is 2.25. The molecule has 0 aromatic heterocycles. The Morgan fingerprint density at radius 3 is 2.46 bits per heavy atom. The molecule has 0 amide bonds. The van der Waals surface area contributed by atoms with Crippen molar-refractivity contribution in [2.75, 3.05) is 17.6 Å². The van der Waals surface area contributed by atoms with Crippen LogP contribution in [0.2, 0.25) is 0 Å². The molecule has 0 heterocycles. The Labute approximate surface area is 165 Å². The first-order chi connectivity index (χ1) is 12.7. The minimum Gasteiger partial charge on any atom is -0.490 e. The third-order valence-corrected chi connectivity index (χ3v) is 5.65. The molecule has 0 atom stereocenters. The van der Waals surface area contributed by atoms with E-state index >= 15 is 0 Å². The number of benzene rings is 2. The lowest BCUT2D eigenvalue weighted by molar-refractivity contribution is 0.210. The van der Waals surface area contributed by atoms with Crippen molar-refractivity contribution in [3.8, 4) is 5.75 Å². The summed E-state index contributed by atoms with van der Waals surface area (Å²) in [6, 6.07) is 16.6. The fourth-order valence-electron chi connectivity index (χ4n) is 2.96. The van der Waals surface area contributed by atoms with E-state index < -0.39 is 0 Å². The highest BCUT2D eigenvalue weighted by Gasteiger charge is 2.16. The van der Waals surface area contributed by atoms with Gasteiger partial charge in [-0.25, -0.2) is 0 Å². The summed E-state index contributed by atoms with van der Waals surface area (Å²) in [6.45, 7) is 2.93. The van der Waals surface area contributed by atoms with Crippen LogP contribution >= 0.6 is 24.0 Å². The zero-order valence-electron chi connectivity index (χ0n) is 15.2. The lowest BCUT2D eigenvalue weighted by atomic mass is 10.2. The number of ether oxygens (including phenoxy) is 1. The minimum absolute atomic E-state index is 0.391. The van der Waals surface area contributed by atoms with Crippen molar-refractivity contribution < 1.29 is 4.74 Å². The molecule has 5 heteroatoms. The van der Waals surface area contributed by atoms with E-state index in [1.54, 1.807) is 0 Å². The quantitative estimate of drug-likeness (QED) is 0.378. The Kier molecular flexibility index (Phi) is 7.21. The molecule has 138 valence electrons. The van der Waals surface area contributed by atoms with Crippen LogP contribution in [0.1, 0.15) is 31.2 Å². The van der Waals surface area contributed by atoms with Crippen LogP contribution in [0.4, 0.5) is 5.69 Å². The average Bonchev–Trinajstić information content (AvgIpc) is 3.15. The van der Waals surface area contributed by atoms with Gasteiger partial charge in [-0.15, -0.1) is 11.8 Å². The van der Waals surface area contributed by atoms with Gasteiger partial charge in [0.2, 0.25) is 0 Å². The molecule has 2 aromatic carbocycles. The molecule has 1 fully saturated rings. The van der Waals surface area contributed by atoms with Gasteiger partial charge < -0.3 is 15.4 Å². The van der Waals surface area contributed by atoms with Crippen LogP contribution in [-0.2, 0) is 0 Å². The zero-order chi connectivity index (χ0) is 18.2. The van der Waals surface area contributed by atoms with Crippen molar-refractivity contribution in [3.63, 3.8) is 0 Å². The molecule has 2 aromatic rings. The van der Waals surface area contributed by atoms with Gasteiger partial charge >= 0.3 is 0 Å². The number of rotatable bonds is 7. The molecule has 1 saturated carbocycles. The summed E-state index contributed by atoms with van der Waals surface area (Å²) < 4.78 is 5.99. The summed E-state index contributed by atoms with van der Waals surface area (Å²) in [7, 11) is 0. The second-order valence-electron chi connectivity index (χ2n) is 6.59. The predicted octanol–water partition coefficient (Wildman–Crippen LogP) is 5.40. The van der Waals surface area contributed by atoms with Gasteiger partial charge in [0.05, 0.1) is 6.10 Å². The van der Waals surface area contributed by atoms with Crippen LogP contribution in [0.5, 0.6) is 5.75 Å². The lowest BCUT2D eigenvalue weighted by Crippen LogP contribution is -2.30. The Bertz CT molecular complexity index is 695. The second-order valence-corrected chi connectivity index (χ2v) is 8.17. The monoisotopic (exact) mass is 386 g/mol. The van der Waals surface area contributed by atoms with Crippen LogP contribution in [0, 0.1) is 6.92 Å². The number of thioether (sulfide) groups is 1. The maximum Gasteiger partial charge on any atom is 0.170 e. The average molecular weight is 387 g/mol. The molecule has 0 unspecified atom stereocenters. The van der Waals surface area contributed by atoms with E-state index in [2.05, 4.69) is 41.8 Å². The van der Waals surface area contributed by atoms with Crippen molar-refractivity contribution >= 4 is 34.8 Å². The summed E-state index contributed by atoms with van der Waals surface area (Å²) in [5.41, 5.74) is 2.27. The van der Waals surface area contributed by atoms with Gasteiger partial charge in [0, 0.05) is 22.9 Å². The van der Waals surface area contributed by atoms with Gasteiger partial charge in [-0.1, -0.05) is 17.7 Å². The molecule has 0 bridgehead atoms. The van der Waals surface area contributed by atoms with Gasteiger partial charge in [-0.2, -0.15) is 0 Å². The molecular weight excluding hydrogens is 360 g/mol. The fraction of sp³-hybridized carbons (Fsp3) is 0.381. The van der Waals surface area contributed by atoms with Crippen LogP contribution in [0.25, 0.3) is 0 Å². The molecule has 2 N–H and O–H groups in total. The molecule has 3 rings (SSSR count). The van der Waals surface area contributed by atoms with Crippen molar-refractivity contribution in [2.45, 2.75) is 43.6 Å². The number of nitrogens with one attached hydrogen (secondary N) is 2. The van der Waals surface area contributed by atoms with E-state index in [9.17, 15) is 0 Å². The number of hydrogen-bond donors (Lipinski definition) is 2. The molecule has 3 nitrogen and oxygen atoms in total. The van der Waals surface area contributed by atoms with Crippen LogP contribution in [0.3, 0.4) is 0 Å². The lowest BCUT2D eigenvalue weighted by Gasteiger charge is -2.14. The van der Waals surface area contributed by atoms with Crippen molar-refractivity contribution in [3.05, 3.63) is 54.1 Å². The third-order valence-electron chi connectivity index (χ3n) is 4.39. The van der Waals surface area contributed by atoms with Gasteiger partial charge in [0.15, 0.2) is 5.11 Å². The Balaban J connectivity index is 1.35. The largest absolute Gasteiger partial charge is 0.490 e. The van der Waals surface area contributed by atoms with E-state index in [1.807, 2.05) is 36.0 Å². The standard InChI is InChI=1S/C21H26N2OS2/c1-16-6-12-20(13-7-16)26-15-14-22-21(25)23-17-8-10-19(11-9-17)24-18-4-2-3-5-18/h6-13,18H,2-5,14-15H2,1H3,(H2,22,23,25). The van der Waals surface area contributed by atoms with Gasteiger partial charge in [0.25, 0.3) is 0 Å². The van der Waals surface area contributed by atoms with E-state index in [0.29, 0.717) is 11.2 Å². The summed E-state index contributed by atoms with van der Waals surface area (Å²) >= 11 is 7.20. The third kappa shape index (κ3) is 6.22. The second kappa shape index (κ2) is 9.83. The van der Waals surface area contributed by atoms with E-state index in [0.717, 1.165) is 23.7 Å². The van der Waals surface area contributed by atoms with E-state index in [4.69, 9.17) is 17.0 Å². The first-order valence-corrected chi connectivity index (χ1v) is 10.6. The molecule has 26 heavy (non-hydrogen) atoms. The van der Waals surface area contributed by atoms with Gasteiger partial charge in [-0.3, -0.25) is 0 Å². The van der Waals surface area contributed by atoms with Crippen molar-refractivity contribution in [1.29, 1.82) is 0 Å². The fourth-order valence-corrected chi connectivity index (χ4v) is 3.95. The van der Waals surface area contributed by atoms with Crippen molar-refractivity contribution in [1.82, 2.24) is 5.32 Å². The Morgan fingerprint density at radius 2 is 1.77 bits per heavy atom. The normalized spacial score (nSPS) is 14.2. The first-order valence-electron chi connectivity index (χ1n) is 9.20. The molecular formula is C21H26N2OS2. The first kappa shape index (κ1) is 19.1. The summed E-state index contributed by atoms with van der Waals surface area (Å²) in [5, 5.41) is 7.13. The number of thiocarbonyl (C=S) groups is 1. The summed E-state index contributed by atoms with van der Waals surface area (Å²) in [5.74, 6) is 1.91. The number of anilines is 1. The molecule has 0 spiro atoms. The topological polar surface area (TPSA) is 33.3 Å². The van der Waals surface area contributed by atoms with Crippen molar-refractivity contribution in [2.24, 2.45) is 0 Å². The Hall–Kier alpha value is -1.72. The van der Waals surface area contributed by atoms with E-state index in [-0.39, 0.29) is 0 Å². The summed E-state index contributed by atoms with van der Waals surface area (Å²) in [4.78, 5) is 1.29. The van der Waals surface area contributed by atoms with E-state index in [1.165, 1.54) is 36.1 Å². The SMILES string of the molecule is Cc1ccc(SCCNC(=S)Nc2ccc(OC3CCCC3)cc2)cc1. The molecule has 1 aliphatic carbocycles. The van der Waals surface area contributed by atoms with Crippen LogP contribution in [0.15, 0.2) is 53.4 Å². The summed E-state index contributed by atoms with van der Waals surface area (Å²) in [6.07, 6.45) is 5.31. The highest BCUT2D eigenvalue weighted by atomic mass is 32.2. The molecule has 1 aliphatic rings. The molecule has 0 aliphatic heterocycles. The smallest absolute Gasteiger partial charge is 0.170 e. The van der Waals surface area contributed by atoms with Crippen LogP contribution in [-0.4, -0.2) is 23.5 Å². The molecule has 0 saturated heterocycles. The van der Waals surface area contributed by atoms with Gasteiger partial charge in [-0.05, 0) is 81.2 Å². The predicted molar refractivity (Wildman–Crippen MR) is 115 cm³/mol. The Morgan fingerprint density at radius 1 is 1.08 bits per heavy atom. The maximum absolute atomic E-state index is 5.99. The number of aryl methyl sites for hydroxylation is 1. The zero-order valence-corrected chi connectivity index (χ0v) is 16.8.